The lowest BCUT2D eigenvalue weighted by Gasteiger charge is -2.47. The van der Waals surface area contributed by atoms with Gasteiger partial charge >= 0.3 is 11.9 Å². The van der Waals surface area contributed by atoms with E-state index in [4.69, 9.17) is 9.47 Å². The Morgan fingerprint density at radius 1 is 1.00 bits per heavy atom. The topological polar surface area (TPSA) is 69.7 Å². The van der Waals surface area contributed by atoms with Crippen LogP contribution in [-0.2, 0) is 23.9 Å². The third kappa shape index (κ3) is 3.09. The van der Waals surface area contributed by atoms with Gasteiger partial charge in [-0.15, -0.1) is 0 Å². The van der Waals surface area contributed by atoms with Gasteiger partial charge in [-0.1, -0.05) is 27.7 Å². The number of hydrogen-bond acceptors (Lipinski definition) is 5. The average Bonchev–Trinajstić information content (AvgIpc) is 2.89. The molecule has 0 spiro atoms. The molecular formula is C23H36O5. The van der Waals surface area contributed by atoms with Crippen LogP contribution in [0, 0.1) is 39.9 Å². The van der Waals surface area contributed by atoms with Crippen LogP contribution in [0.25, 0.3) is 0 Å². The van der Waals surface area contributed by atoms with Crippen molar-refractivity contribution in [2.45, 2.75) is 73.6 Å². The van der Waals surface area contributed by atoms with Crippen LogP contribution in [0.3, 0.4) is 0 Å². The minimum atomic E-state index is -1.35. The maximum absolute atomic E-state index is 13.3. The van der Waals surface area contributed by atoms with E-state index in [0.717, 1.165) is 19.3 Å². The molecule has 0 radical (unpaired) electrons. The molecule has 0 aromatic rings. The molecule has 0 aromatic carbocycles. The van der Waals surface area contributed by atoms with Crippen molar-refractivity contribution < 1.29 is 23.9 Å². The van der Waals surface area contributed by atoms with Gasteiger partial charge in [0.2, 0.25) is 0 Å². The predicted molar refractivity (Wildman–Crippen MR) is 105 cm³/mol. The highest BCUT2D eigenvalue weighted by Gasteiger charge is 2.69. The van der Waals surface area contributed by atoms with Crippen LogP contribution in [0.4, 0.5) is 0 Å². The van der Waals surface area contributed by atoms with Gasteiger partial charge in [-0.05, 0) is 68.6 Å². The van der Waals surface area contributed by atoms with Gasteiger partial charge in [0.25, 0.3) is 0 Å². The van der Waals surface area contributed by atoms with Crippen LogP contribution in [0.2, 0.25) is 0 Å². The van der Waals surface area contributed by atoms with Gasteiger partial charge in [0.1, 0.15) is 5.78 Å². The highest BCUT2D eigenvalue weighted by Crippen LogP contribution is 2.67. The maximum Gasteiger partial charge on any atom is 0.323 e. The zero-order valence-corrected chi connectivity index (χ0v) is 18.3. The van der Waals surface area contributed by atoms with Crippen LogP contribution in [0.15, 0.2) is 0 Å². The minimum Gasteiger partial charge on any atom is -0.465 e. The van der Waals surface area contributed by atoms with E-state index < -0.39 is 17.4 Å². The van der Waals surface area contributed by atoms with Crippen LogP contribution < -0.4 is 0 Å². The fourth-order valence-electron chi connectivity index (χ4n) is 6.97. The minimum absolute atomic E-state index is 0.0406. The highest BCUT2D eigenvalue weighted by atomic mass is 16.6. The zero-order chi connectivity index (χ0) is 20.9. The fraction of sp³-hybridized carbons (Fsp3) is 0.870. The van der Waals surface area contributed by atoms with Crippen molar-refractivity contribution in [1.29, 1.82) is 0 Å². The largest absolute Gasteiger partial charge is 0.465 e. The van der Waals surface area contributed by atoms with Crippen LogP contribution in [0.1, 0.15) is 73.6 Å². The number of ether oxygens (including phenoxy) is 2. The van der Waals surface area contributed by atoms with E-state index in [2.05, 4.69) is 20.8 Å². The van der Waals surface area contributed by atoms with Gasteiger partial charge in [-0.3, -0.25) is 14.4 Å². The summed E-state index contributed by atoms with van der Waals surface area (Å²) in [7, 11) is 0. The molecule has 0 heterocycles. The van der Waals surface area contributed by atoms with Gasteiger partial charge < -0.3 is 9.47 Å². The van der Waals surface area contributed by atoms with Gasteiger partial charge in [0.15, 0.2) is 5.41 Å². The highest BCUT2D eigenvalue weighted by molar-refractivity contribution is 6.03. The van der Waals surface area contributed by atoms with E-state index in [9.17, 15) is 14.4 Å². The molecule has 5 heteroatoms. The van der Waals surface area contributed by atoms with Gasteiger partial charge in [-0.25, -0.2) is 0 Å². The number of esters is 2. The Morgan fingerprint density at radius 3 is 2.11 bits per heavy atom. The molecule has 1 unspecified atom stereocenters. The second-order valence-corrected chi connectivity index (χ2v) is 10.4. The van der Waals surface area contributed by atoms with Gasteiger partial charge in [0.05, 0.1) is 13.2 Å². The lowest BCUT2D eigenvalue weighted by Crippen LogP contribution is -2.56. The van der Waals surface area contributed by atoms with Crippen molar-refractivity contribution >= 4 is 17.7 Å². The first-order chi connectivity index (χ1) is 13.0. The number of carbonyl (C=O) groups is 3. The van der Waals surface area contributed by atoms with E-state index >= 15 is 0 Å². The normalized spacial score (nSPS) is 38.3. The van der Waals surface area contributed by atoms with E-state index in [1.54, 1.807) is 13.8 Å². The molecule has 0 saturated heterocycles. The first-order valence-electron chi connectivity index (χ1n) is 10.9. The van der Waals surface area contributed by atoms with Gasteiger partial charge in [0, 0.05) is 11.8 Å². The Balaban J connectivity index is 2.11. The molecule has 3 aliphatic rings. The first kappa shape index (κ1) is 21.3. The molecular weight excluding hydrogens is 356 g/mol. The van der Waals surface area contributed by atoms with Crippen LogP contribution in [0.5, 0.6) is 0 Å². The molecule has 3 fully saturated rings. The summed E-state index contributed by atoms with van der Waals surface area (Å²) in [6.07, 6.45) is 3.98. The Morgan fingerprint density at radius 2 is 1.57 bits per heavy atom. The molecule has 158 valence electrons. The summed E-state index contributed by atoms with van der Waals surface area (Å²) in [5.41, 5.74) is -1.18. The Labute approximate surface area is 168 Å². The molecule has 3 aliphatic carbocycles. The molecule has 5 nitrogen and oxygen atoms in total. The SMILES string of the molecule is CCOC(=O)C1(C(=O)OCC)CC(C)C(=O)[C@@H]2[C@H]1C[C@@]1(C)CC(C)(C)CC[C@@H]21. The molecule has 0 bridgehead atoms. The van der Waals surface area contributed by atoms with Crippen molar-refractivity contribution in [3.05, 3.63) is 0 Å². The summed E-state index contributed by atoms with van der Waals surface area (Å²) in [6.45, 7) is 12.6. The van der Waals surface area contributed by atoms with E-state index in [0.29, 0.717) is 6.42 Å². The summed E-state index contributed by atoms with van der Waals surface area (Å²) >= 11 is 0. The van der Waals surface area contributed by atoms with E-state index in [1.807, 2.05) is 6.92 Å². The Kier molecular flexibility index (Phi) is 5.44. The summed E-state index contributed by atoms with van der Waals surface area (Å²) in [5, 5.41) is 0. The molecule has 0 N–H and O–H groups in total. The first-order valence-corrected chi connectivity index (χ1v) is 10.9. The Bertz CT molecular complexity index is 648. The lowest BCUT2D eigenvalue weighted by molar-refractivity contribution is -0.184. The maximum atomic E-state index is 13.3. The molecule has 28 heavy (non-hydrogen) atoms. The number of hydrogen-bond donors (Lipinski definition) is 0. The molecule has 0 amide bonds. The summed E-state index contributed by atoms with van der Waals surface area (Å²) in [5.74, 6) is -1.45. The standard InChI is InChI=1S/C23H36O5/c1-7-27-19(25)23(20(26)28-8-2)11-14(3)18(24)17-15-9-10-21(4,5)13-22(15,6)12-16(17)23/h14-17H,7-13H2,1-6H3/t14?,15-,16+,17-,22-/m0/s1. The molecule has 0 aromatic heterocycles. The molecule has 3 saturated carbocycles. The number of fused-ring (bicyclic) bond motifs is 3. The quantitative estimate of drug-likeness (QED) is 0.530. The van der Waals surface area contributed by atoms with Crippen molar-refractivity contribution in [1.82, 2.24) is 0 Å². The third-order valence-electron chi connectivity index (χ3n) is 7.82. The second-order valence-electron chi connectivity index (χ2n) is 10.4. The molecule has 3 rings (SSSR count). The third-order valence-corrected chi connectivity index (χ3v) is 7.82. The van der Waals surface area contributed by atoms with Crippen molar-refractivity contribution in [3.63, 3.8) is 0 Å². The number of Topliss-reactive ketones (excluding diaryl/α,β-unsaturated/α-hetero) is 1. The second kappa shape index (κ2) is 7.14. The molecule has 5 atom stereocenters. The van der Waals surface area contributed by atoms with Crippen molar-refractivity contribution in [2.24, 2.45) is 39.9 Å². The number of ketones is 1. The van der Waals surface area contributed by atoms with E-state index in [1.165, 1.54) is 0 Å². The average molecular weight is 393 g/mol. The summed E-state index contributed by atoms with van der Waals surface area (Å²) in [6, 6.07) is 0. The van der Waals surface area contributed by atoms with Crippen LogP contribution >= 0.6 is 0 Å². The van der Waals surface area contributed by atoms with Gasteiger partial charge in [-0.2, -0.15) is 0 Å². The fourth-order valence-corrected chi connectivity index (χ4v) is 6.97. The summed E-state index contributed by atoms with van der Waals surface area (Å²) in [4.78, 5) is 39.8. The van der Waals surface area contributed by atoms with Crippen LogP contribution in [-0.4, -0.2) is 30.9 Å². The summed E-state index contributed by atoms with van der Waals surface area (Å²) < 4.78 is 10.8. The lowest BCUT2D eigenvalue weighted by atomic mass is 9.56. The van der Waals surface area contributed by atoms with Crippen molar-refractivity contribution in [2.75, 3.05) is 13.2 Å². The number of carbonyl (C=O) groups excluding carboxylic acids is 3. The zero-order valence-electron chi connectivity index (χ0n) is 18.3. The Hall–Kier alpha value is -1.39. The monoisotopic (exact) mass is 392 g/mol. The smallest absolute Gasteiger partial charge is 0.323 e. The number of rotatable bonds is 4. The van der Waals surface area contributed by atoms with E-state index in [-0.39, 0.29) is 59.9 Å². The predicted octanol–water partition coefficient (Wildman–Crippen LogP) is 4.18. The van der Waals surface area contributed by atoms with Crippen molar-refractivity contribution in [3.8, 4) is 0 Å². The molecule has 0 aliphatic heterocycles.